The summed E-state index contributed by atoms with van der Waals surface area (Å²) >= 11 is 0. The van der Waals surface area contributed by atoms with Crippen LogP contribution in [0.4, 0.5) is 13.2 Å². The van der Waals surface area contributed by atoms with Crippen molar-refractivity contribution in [1.29, 1.82) is 0 Å². The first kappa shape index (κ1) is 12.3. The summed E-state index contributed by atoms with van der Waals surface area (Å²) in [4.78, 5) is 11.7. The van der Waals surface area contributed by atoms with Crippen molar-refractivity contribution in [3.05, 3.63) is 0 Å². The maximum Gasteiger partial charge on any atom is 0.417 e. The largest absolute Gasteiger partial charge is 0.480 e. The normalized spacial score (nSPS) is 25.5. The smallest absolute Gasteiger partial charge is 0.417 e. The lowest BCUT2D eigenvalue weighted by molar-refractivity contribution is -0.252. The highest BCUT2D eigenvalue weighted by Gasteiger charge is 2.64. The molecule has 0 radical (unpaired) electrons. The number of carboxylic acids is 1. The van der Waals surface area contributed by atoms with Crippen LogP contribution in [0.5, 0.6) is 0 Å². The number of nitrogens with zero attached hydrogens (tertiary/aromatic N) is 1. The third kappa shape index (κ3) is 1.82. The number of carboxylic acid groups (broad SMARTS) is 1. The Kier molecular flexibility index (Phi) is 2.54. The number of aliphatic carboxylic acids is 1. The Morgan fingerprint density at radius 3 is 1.93 bits per heavy atom. The van der Waals surface area contributed by atoms with Gasteiger partial charge in [0.2, 0.25) is 5.54 Å². The highest BCUT2D eigenvalue weighted by molar-refractivity contribution is 5.79. The highest BCUT2D eigenvalue weighted by Crippen LogP contribution is 2.43. The average molecular weight is 225 g/mol. The second-order valence-electron chi connectivity index (χ2n) is 4.90. The molecule has 88 valence electrons. The maximum absolute atomic E-state index is 12.7. The van der Waals surface area contributed by atoms with Crippen molar-refractivity contribution in [3.63, 3.8) is 0 Å². The van der Waals surface area contributed by atoms with E-state index in [1.807, 2.05) is 13.8 Å². The van der Waals surface area contributed by atoms with Crippen molar-refractivity contribution < 1.29 is 23.1 Å². The van der Waals surface area contributed by atoms with Gasteiger partial charge in [0.1, 0.15) is 0 Å². The lowest BCUT2D eigenvalue weighted by Gasteiger charge is -2.53. The van der Waals surface area contributed by atoms with E-state index in [0.29, 0.717) is 6.92 Å². The zero-order valence-electron chi connectivity index (χ0n) is 8.85. The molecule has 6 heteroatoms. The number of alkyl halides is 3. The van der Waals surface area contributed by atoms with Gasteiger partial charge in [0, 0.05) is 13.1 Å². The van der Waals surface area contributed by atoms with Gasteiger partial charge in [-0.15, -0.1) is 0 Å². The fraction of sp³-hybridized carbons (Fsp3) is 0.889. The minimum atomic E-state index is -4.75. The Bertz CT molecular complexity index is 280. The molecule has 1 fully saturated rings. The van der Waals surface area contributed by atoms with E-state index in [9.17, 15) is 18.0 Å². The Hall–Kier alpha value is -0.780. The second kappa shape index (κ2) is 3.10. The van der Waals surface area contributed by atoms with Gasteiger partial charge in [-0.2, -0.15) is 13.2 Å². The van der Waals surface area contributed by atoms with Crippen molar-refractivity contribution >= 4 is 5.97 Å². The summed E-state index contributed by atoms with van der Waals surface area (Å²) in [6.07, 6.45) is -4.75. The maximum atomic E-state index is 12.7. The van der Waals surface area contributed by atoms with E-state index in [-0.39, 0.29) is 18.5 Å². The van der Waals surface area contributed by atoms with E-state index in [2.05, 4.69) is 0 Å². The van der Waals surface area contributed by atoms with Crippen molar-refractivity contribution in [3.8, 4) is 0 Å². The van der Waals surface area contributed by atoms with E-state index in [1.165, 1.54) is 0 Å². The van der Waals surface area contributed by atoms with Gasteiger partial charge in [-0.3, -0.25) is 4.90 Å². The molecule has 0 aromatic carbocycles. The Morgan fingerprint density at radius 2 is 1.73 bits per heavy atom. The van der Waals surface area contributed by atoms with Crippen LogP contribution < -0.4 is 0 Å². The van der Waals surface area contributed by atoms with Crippen LogP contribution in [0.3, 0.4) is 0 Å². The lowest BCUT2D eigenvalue weighted by Crippen LogP contribution is -2.70. The number of rotatable bonds is 2. The van der Waals surface area contributed by atoms with E-state index in [4.69, 9.17) is 5.11 Å². The van der Waals surface area contributed by atoms with Gasteiger partial charge in [0.15, 0.2) is 0 Å². The first-order valence-electron chi connectivity index (χ1n) is 4.56. The minimum Gasteiger partial charge on any atom is -0.480 e. The monoisotopic (exact) mass is 225 g/mol. The molecule has 0 aromatic heterocycles. The van der Waals surface area contributed by atoms with Crippen LogP contribution in [0, 0.1) is 5.41 Å². The Balaban J connectivity index is 2.91. The summed E-state index contributed by atoms with van der Waals surface area (Å²) in [5.74, 6) is -1.84. The molecule has 1 heterocycles. The number of likely N-dealkylation sites (tertiary alicyclic amines) is 1. The van der Waals surface area contributed by atoms with Crippen LogP contribution in [0.1, 0.15) is 20.8 Å². The molecule has 1 unspecified atom stereocenters. The first-order chi connectivity index (χ1) is 6.51. The topological polar surface area (TPSA) is 40.5 Å². The summed E-state index contributed by atoms with van der Waals surface area (Å²) in [6.45, 7) is 4.62. The molecule has 0 aromatic rings. The van der Waals surface area contributed by atoms with Crippen LogP contribution in [-0.2, 0) is 4.79 Å². The third-order valence-electron chi connectivity index (χ3n) is 2.84. The van der Waals surface area contributed by atoms with Crippen LogP contribution >= 0.6 is 0 Å². The molecule has 1 aliphatic rings. The van der Waals surface area contributed by atoms with Crippen molar-refractivity contribution in [1.82, 2.24) is 4.90 Å². The zero-order valence-corrected chi connectivity index (χ0v) is 8.85. The molecule has 15 heavy (non-hydrogen) atoms. The van der Waals surface area contributed by atoms with Gasteiger partial charge in [0.05, 0.1) is 0 Å². The fourth-order valence-corrected chi connectivity index (χ4v) is 1.74. The minimum absolute atomic E-state index is 0.148. The molecule has 0 aliphatic carbocycles. The van der Waals surface area contributed by atoms with Crippen LogP contribution in [0.15, 0.2) is 0 Å². The molecule has 1 rings (SSSR count). The SMILES string of the molecule is CC1(C)CN(C(C)(C(=O)O)C(F)(F)F)C1. The predicted molar refractivity (Wildman–Crippen MR) is 47.4 cm³/mol. The second-order valence-corrected chi connectivity index (χ2v) is 4.90. The van der Waals surface area contributed by atoms with E-state index >= 15 is 0 Å². The van der Waals surface area contributed by atoms with Gasteiger partial charge >= 0.3 is 12.1 Å². The van der Waals surface area contributed by atoms with Crippen molar-refractivity contribution in [2.24, 2.45) is 5.41 Å². The summed E-state index contributed by atoms with van der Waals surface area (Å²) in [5.41, 5.74) is -3.00. The highest BCUT2D eigenvalue weighted by atomic mass is 19.4. The van der Waals surface area contributed by atoms with Crippen LogP contribution in [0.25, 0.3) is 0 Å². The summed E-state index contributed by atoms with van der Waals surface area (Å²) < 4.78 is 38.0. The third-order valence-corrected chi connectivity index (χ3v) is 2.84. The molecular weight excluding hydrogens is 211 g/mol. The summed E-state index contributed by atoms with van der Waals surface area (Å²) in [6, 6.07) is 0. The molecule has 3 nitrogen and oxygen atoms in total. The average Bonchev–Trinajstić information content (AvgIpc) is 1.95. The number of hydrogen-bond donors (Lipinski definition) is 1. The van der Waals surface area contributed by atoms with Crippen molar-refractivity contribution in [2.45, 2.75) is 32.5 Å². The summed E-state index contributed by atoms with van der Waals surface area (Å²) in [5, 5.41) is 8.71. The molecule has 1 aliphatic heterocycles. The molecule has 0 amide bonds. The molecule has 0 bridgehead atoms. The summed E-state index contributed by atoms with van der Waals surface area (Å²) in [7, 11) is 0. The van der Waals surface area contributed by atoms with Crippen molar-refractivity contribution in [2.75, 3.05) is 13.1 Å². The quantitative estimate of drug-likeness (QED) is 0.778. The Labute approximate surface area is 85.9 Å². The molecule has 0 spiro atoms. The number of hydrogen-bond acceptors (Lipinski definition) is 2. The van der Waals surface area contributed by atoms with E-state index < -0.39 is 17.7 Å². The van der Waals surface area contributed by atoms with Gasteiger partial charge < -0.3 is 5.11 Å². The predicted octanol–water partition coefficient (Wildman–Crippen LogP) is 1.73. The first-order valence-corrected chi connectivity index (χ1v) is 4.56. The number of halogens is 3. The Morgan fingerprint density at radius 1 is 1.33 bits per heavy atom. The van der Waals surface area contributed by atoms with Crippen LogP contribution in [0.2, 0.25) is 0 Å². The van der Waals surface area contributed by atoms with Gasteiger partial charge in [-0.1, -0.05) is 13.8 Å². The van der Waals surface area contributed by atoms with Crippen LogP contribution in [-0.4, -0.2) is 40.8 Å². The molecule has 0 saturated carbocycles. The molecule has 1 N–H and O–H groups in total. The van der Waals surface area contributed by atoms with Gasteiger partial charge in [-0.25, -0.2) is 4.79 Å². The zero-order chi connectivity index (χ0) is 12.1. The molecular formula is C9H14F3NO2. The molecule has 1 atom stereocenters. The lowest BCUT2D eigenvalue weighted by atomic mass is 9.79. The van der Waals surface area contributed by atoms with Gasteiger partial charge in [-0.05, 0) is 12.3 Å². The van der Waals surface area contributed by atoms with E-state index in [1.54, 1.807) is 0 Å². The number of carbonyl (C=O) groups is 1. The van der Waals surface area contributed by atoms with Gasteiger partial charge in [0.25, 0.3) is 0 Å². The molecule has 1 saturated heterocycles. The van der Waals surface area contributed by atoms with E-state index in [0.717, 1.165) is 4.90 Å². The fourth-order valence-electron chi connectivity index (χ4n) is 1.74. The standard InChI is InChI=1S/C9H14F3NO2/c1-7(2)4-13(5-7)8(3,6(14)15)9(10,11)12/h4-5H2,1-3H3,(H,14,15).